The Morgan fingerprint density at radius 1 is 1.44 bits per heavy atom. The SMILES string of the molecule is COC(=O)/C=C/C1(c2ccc(Br)cc2)C(C)C1F. The fourth-order valence-corrected chi connectivity index (χ4v) is 2.57. The van der Waals surface area contributed by atoms with Crippen LogP contribution in [0.5, 0.6) is 0 Å². The maximum atomic E-state index is 13.9. The first-order chi connectivity index (χ1) is 8.52. The highest BCUT2D eigenvalue weighted by atomic mass is 79.9. The van der Waals surface area contributed by atoms with Crippen molar-refractivity contribution in [3.05, 3.63) is 46.5 Å². The summed E-state index contributed by atoms with van der Waals surface area (Å²) in [7, 11) is 1.31. The van der Waals surface area contributed by atoms with Crippen molar-refractivity contribution < 1.29 is 13.9 Å². The van der Waals surface area contributed by atoms with Crippen molar-refractivity contribution in [2.45, 2.75) is 18.5 Å². The highest BCUT2D eigenvalue weighted by Crippen LogP contribution is 2.57. The first-order valence-corrected chi connectivity index (χ1v) is 6.49. The molecule has 2 nitrogen and oxygen atoms in total. The number of alkyl halides is 1. The minimum atomic E-state index is -0.959. The van der Waals surface area contributed by atoms with E-state index in [9.17, 15) is 9.18 Å². The van der Waals surface area contributed by atoms with Gasteiger partial charge < -0.3 is 4.74 Å². The summed E-state index contributed by atoms with van der Waals surface area (Å²) in [4.78, 5) is 11.1. The number of benzene rings is 1. The van der Waals surface area contributed by atoms with Crippen LogP contribution >= 0.6 is 15.9 Å². The molecule has 0 aromatic heterocycles. The van der Waals surface area contributed by atoms with Crippen molar-refractivity contribution >= 4 is 21.9 Å². The zero-order chi connectivity index (χ0) is 13.3. The molecule has 0 aliphatic heterocycles. The van der Waals surface area contributed by atoms with Gasteiger partial charge in [-0.1, -0.05) is 41.1 Å². The van der Waals surface area contributed by atoms with Gasteiger partial charge in [-0.3, -0.25) is 0 Å². The molecule has 3 unspecified atom stereocenters. The van der Waals surface area contributed by atoms with Crippen molar-refractivity contribution in [1.82, 2.24) is 0 Å². The third-order valence-corrected chi connectivity index (χ3v) is 4.11. The lowest BCUT2D eigenvalue weighted by Gasteiger charge is -2.12. The quantitative estimate of drug-likeness (QED) is 0.631. The molecule has 4 heteroatoms. The molecule has 18 heavy (non-hydrogen) atoms. The smallest absolute Gasteiger partial charge is 0.330 e. The Bertz CT molecular complexity index is 473. The van der Waals surface area contributed by atoms with Gasteiger partial charge in [0, 0.05) is 16.5 Å². The molecule has 1 fully saturated rings. The number of halogens is 2. The van der Waals surface area contributed by atoms with E-state index in [1.54, 1.807) is 6.08 Å². The summed E-state index contributed by atoms with van der Waals surface area (Å²) in [6.07, 6.45) is 1.97. The minimum absolute atomic E-state index is 0.125. The highest BCUT2D eigenvalue weighted by molar-refractivity contribution is 9.10. The molecule has 0 radical (unpaired) electrons. The minimum Gasteiger partial charge on any atom is -0.466 e. The van der Waals surface area contributed by atoms with Crippen LogP contribution in [0.15, 0.2) is 40.9 Å². The third kappa shape index (κ3) is 2.09. The Balaban J connectivity index is 2.32. The lowest BCUT2D eigenvalue weighted by atomic mass is 9.93. The van der Waals surface area contributed by atoms with Crippen molar-refractivity contribution in [3.63, 3.8) is 0 Å². The Morgan fingerprint density at radius 2 is 2.00 bits per heavy atom. The normalized spacial score (nSPS) is 30.4. The Hall–Kier alpha value is -1.16. The number of hydrogen-bond donors (Lipinski definition) is 0. The van der Waals surface area contributed by atoms with Crippen LogP contribution in [-0.4, -0.2) is 19.3 Å². The van der Waals surface area contributed by atoms with Crippen LogP contribution < -0.4 is 0 Å². The van der Waals surface area contributed by atoms with Gasteiger partial charge in [-0.25, -0.2) is 9.18 Å². The number of methoxy groups -OCH3 is 1. The number of rotatable bonds is 3. The number of carbonyl (C=O) groups is 1. The maximum absolute atomic E-state index is 13.9. The van der Waals surface area contributed by atoms with Gasteiger partial charge in [-0.15, -0.1) is 0 Å². The molecule has 0 saturated heterocycles. The second kappa shape index (κ2) is 4.84. The molecule has 96 valence electrons. The van der Waals surface area contributed by atoms with Crippen molar-refractivity contribution in [3.8, 4) is 0 Å². The standard InChI is InChI=1S/C14H14BrFO2/c1-9-13(16)14(9,8-7-12(17)18-2)10-3-5-11(15)6-4-10/h3-9,13H,1-2H3/b8-7+. The summed E-state index contributed by atoms with van der Waals surface area (Å²) in [5, 5.41) is 0. The van der Waals surface area contributed by atoms with Gasteiger partial charge in [0.1, 0.15) is 6.17 Å². The summed E-state index contributed by atoms with van der Waals surface area (Å²) in [6.45, 7) is 1.84. The van der Waals surface area contributed by atoms with E-state index in [1.807, 2.05) is 31.2 Å². The molecular weight excluding hydrogens is 299 g/mol. The van der Waals surface area contributed by atoms with Crippen molar-refractivity contribution in [2.75, 3.05) is 7.11 Å². The summed E-state index contributed by atoms with van der Waals surface area (Å²) in [5.74, 6) is -0.586. The number of hydrogen-bond acceptors (Lipinski definition) is 2. The summed E-state index contributed by atoms with van der Waals surface area (Å²) in [5.41, 5.74) is 0.195. The van der Waals surface area contributed by atoms with Crippen LogP contribution in [0.4, 0.5) is 4.39 Å². The van der Waals surface area contributed by atoms with Crippen molar-refractivity contribution in [2.24, 2.45) is 5.92 Å². The first-order valence-electron chi connectivity index (χ1n) is 5.69. The zero-order valence-electron chi connectivity index (χ0n) is 10.2. The van der Waals surface area contributed by atoms with Gasteiger partial charge in [0.05, 0.1) is 12.5 Å². The molecule has 1 saturated carbocycles. The topological polar surface area (TPSA) is 26.3 Å². The molecule has 0 heterocycles. The second-order valence-electron chi connectivity index (χ2n) is 4.49. The van der Waals surface area contributed by atoms with Gasteiger partial charge in [0.2, 0.25) is 0 Å². The highest BCUT2D eigenvalue weighted by Gasteiger charge is 2.62. The van der Waals surface area contributed by atoms with Crippen LogP contribution in [0.25, 0.3) is 0 Å². The van der Waals surface area contributed by atoms with E-state index in [-0.39, 0.29) is 5.92 Å². The van der Waals surface area contributed by atoms with Crippen LogP contribution in [0.3, 0.4) is 0 Å². The molecular formula is C14H14BrFO2. The van der Waals surface area contributed by atoms with E-state index < -0.39 is 17.6 Å². The van der Waals surface area contributed by atoms with E-state index >= 15 is 0 Å². The van der Waals surface area contributed by atoms with E-state index in [0.717, 1.165) is 10.0 Å². The van der Waals surface area contributed by atoms with E-state index in [4.69, 9.17) is 0 Å². The molecule has 0 amide bonds. The molecule has 0 spiro atoms. The summed E-state index contributed by atoms with van der Waals surface area (Å²) >= 11 is 3.35. The number of ether oxygens (including phenoxy) is 1. The first kappa shape index (κ1) is 13.3. The van der Waals surface area contributed by atoms with Crippen molar-refractivity contribution in [1.29, 1.82) is 0 Å². The molecule has 1 aromatic rings. The van der Waals surface area contributed by atoms with Gasteiger partial charge in [-0.05, 0) is 17.7 Å². The molecule has 1 aromatic carbocycles. The number of carbonyl (C=O) groups excluding carboxylic acids is 1. The fourth-order valence-electron chi connectivity index (χ4n) is 2.31. The molecule has 3 atom stereocenters. The monoisotopic (exact) mass is 312 g/mol. The second-order valence-corrected chi connectivity index (χ2v) is 5.40. The number of esters is 1. The summed E-state index contributed by atoms with van der Waals surface area (Å²) in [6, 6.07) is 7.51. The number of allylic oxidation sites excluding steroid dienone is 1. The Morgan fingerprint density at radius 3 is 2.44 bits per heavy atom. The van der Waals surface area contributed by atoms with Gasteiger partial charge in [-0.2, -0.15) is 0 Å². The van der Waals surface area contributed by atoms with Crippen LogP contribution in [0.2, 0.25) is 0 Å². The van der Waals surface area contributed by atoms with E-state index in [2.05, 4.69) is 20.7 Å². The van der Waals surface area contributed by atoms with E-state index in [1.165, 1.54) is 13.2 Å². The lowest BCUT2D eigenvalue weighted by molar-refractivity contribution is -0.134. The third-order valence-electron chi connectivity index (χ3n) is 3.58. The van der Waals surface area contributed by atoms with Gasteiger partial charge in [0.25, 0.3) is 0 Å². The van der Waals surface area contributed by atoms with Gasteiger partial charge in [0.15, 0.2) is 0 Å². The Labute approximate surface area is 114 Å². The predicted molar refractivity (Wildman–Crippen MR) is 71.0 cm³/mol. The predicted octanol–water partition coefficient (Wildman–Crippen LogP) is 3.40. The average molecular weight is 313 g/mol. The van der Waals surface area contributed by atoms with E-state index in [0.29, 0.717) is 0 Å². The molecule has 2 rings (SSSR count). The summed E-state index contributed by atoms with van der Waals surface area (Å²) < 4.78 is 19.4. The fraction of sp³-hybridized carbons (Fsp3) is 0.357. The molecule has 0 bridgehead atoms. The maximum Gasteiger partial charge on any atom is 0.330 e. The Kier molecular flexibility index (Phi) is 3.57. The van der Waals surface area contributed by atoms with Crippen LogP contribution in [0.1, 0.15) is 12.5 Å². The largest absolute Gasteiger partial charge is 0.466 e. The van der Waals surface area contributed by atoms with Crippen LogP contribution in [0, 0.1) is 5.92 Å². The van der Waals surface area contributed by atoms with Gasteiger partial charge >= 0.3 is 5.97 Å². The average Bonchev–Trinajstić information content (AvgIpc) is 2.91. The molecule has 0 N–H and O–H groups in total. The molecule has 1 aliphatic carbocycles. The van der Waals surface area contributed by atoms with Crippen LogP contribution in [-0.2, 0) is 14.9 Å². The lowest BCUT2D eigenvalue weighted by Crippen LogP contribution is -2.09. The molecule has 1 aliphatic rings. The zero-order valence-corrected chi connectivity index (χ0v) is 11.8.